The second-order valence-electron chi connectivity index (χ2n) is 3.76. The van der Waals surface area contributed by atoms with E-state index < -0.39 is 0 Å². The van der Waals surface area contributed by atoms with Gasteiger partial charge in [-0.05, 0) is 12.5 Å². The van der Waals surface area contributed by atoms with E-state index in [4.69, 9.17) is 4.42 Å². The van der Waals surface area contributed by atoms with E-state index >= 15 is 0 Å². The van der Waals surface area contributed by atoms with Gasteiger partial charge in [0.05, 0.1) is 0 Å². The Morgan fingerprint density at radius 1 is 1.38 bits per heavy atom. The summed E-state index contributed by atoms with van der Waals surface area (Å²) in [6, 6.07) is 9.24. The van der Waals surface area contributed by atoms with Crippen molar-refractivity contribution in [3.05, 3.63) is 40.8 Å². The van der Waals surface area contributed by atoms with Gasteiger partial charge in [-0.15, -0.1) is 11.8 Å². The molecule has 1 unspecified atom stereocenters. The average molecular weight is 234 g/mol. The summed E-state index contributed by atoms with van der Waals surface area (Å²) >= 11 is 1.73. The molecule has 0 N–H and O–H groups in total. The molecule has 0 bridgehead atoms. The largest absolute Gasteiger partial charge is 0.423 e. The highest BCUT2D eigenvalue weighted by Gasteiger charge is 2.08. The van der Waals surface area contributed by atoms with Crippen molar-refractivity contribution < 1.29 is 4.42 Å². The third-order valence-electron chi connectivity index (χ3n) is 2.52. The summed E-state index contributed by atoms with van der Waals surface area (Å²) in [6.45, 7) is 4.30. The molecule has 2 rings (SSSR count). The molecule has 0 spiro atoms. The molecule has 1 aromatic heterocycles. The molecule has 0 aliphatic carbocycles. The predicted molar refractivity (Wildman–Crippen MR) is 68.1 cm³/mol. The summed E-state index contributed by atoms with van der Waals surface area (Å²) in [5.74, 6) is 0. The normalized spacial score (nSPS) is 12.9. The molecule has 0 aliphatic rings. The van der Waals surface area contributed by atoms with Crippen LogP contribution >= 0.6 is 11.8 Å². The van der Waals surface area contributed by atoms with Crippen LogP contribution in [0.2, 0.25) is 0 Å². The van der Waals surface area contributed by atoms with Gasteiger partial charge in [0.25, 0.3) is 0 Å². The topological polar surface area (TPSA) is 30.2 Å². The zero-order valence-electron chi connectivity index (χ0n) is 9.40. The first-order chi connectivity index (χ1) is 7.70. The first kappa shape index (κ1) is 11.3. The highest BCUT2D eigenvalue weighted by atomic mass is 32.2. The van der Waals surface area contributed by atoms with E-state index in [1.54, 1.807) is 17.8 Å². The minimum absolute atomic E-state index is 0.274. The first-order valence-electron chi connectivity index (χ1n) is 5.40. The van der Waals surface area contributed by atoms with Crippen LogP contribution < -0.4 is 5.63 Å². The van der Waals surface area contributed by atoms with Gasteiger partial charge >= 0.3 is 5.63 Å². The maximum absolute atomic E-state index is 11.4. The van der Waals surface area contributed by atoms with Crippen molar-refractivity contribution in [1.82, 2.24) is 0 Å². The lowest BCUT2D eigenvalue weighted by atomic mass is 10.2. The Labute approximate surface area is 98.7 Å². The first-order valence-corrected chi connectivity index (χ1v) is 6.28. The zero-order chi connectivity index (χ0) is 11.5. The smallest absolute Gasteiger partial charge is 0.337 e. The molecular weight excluding hydrogens is 220 g/mol. The van der Waals surface area contributed by atoms with Gasteiger partial charge in [-0.25, -0.2) is 4.79 Å². The number of rotatable bonds is 3. The molecule has 0 fully saturated rings. The number of para-hydroxylation sites is 1. The lowest BCUT2D eigenvalue weighted by Crippen LogP contribution is -2.00. The Morgan fingerprint density at radius 3 is 2.88 bits per heavy atom. The second kappa shape index (κ2) is 4.74. The van der Waals surface area contributed by atoms with Crippen LogP contribution in [0.25, 0.3) is 11.0 Å². The van der Waals surface area contributed by atoms with Gasteiger partial charge in [-0.3, -0.25) is 0 Å². The Bertz CT molecular complexity index is 545. The van der Waals surface area contributed by atoms with Crippen LogP contribution in [0.1, 0.15) is 20.3 Å². The highest BCUT2D eigenvalue weighted by molar-refractivity contribution is 8.00. The molecule has 84 valence electrons. The van der Waals surface area contributed by atoms with Crippen molar-refractivity contribution in [2.75, 3.05) is 0 Å². The van der Waals surface area contributed by atoms with Gasteiger partial charge in [-0.2, -0.15) is 0 Å². The fraction of sp³-hybridized carbons (Fsp3) is 0.308. The number of benzene rings is 1. The minimum atomic E-state index is -0.274. The van der Waals surface area contributed by atoms with E-state index in [1.165, 1.54) is 0 Å². The molecule has 0 radical (unpaired) electrons. The van der Waals surface area contributed by atoms with Gasteiger partial charge in [0.1, 0.15) is 5.58 Å². The molecule has 3 heteroatoms. The quantitative estimate of drug-likeness (QED) is 0.599. The highest BCUT2D eigenvalue weighted by Crippen LogP contribution is 2.30. The Balaban J connectivity index is 2.54. The summed E-state index contributed by atoms with van der Waals surface area (Å²) in [5, 5.41) is 1.53. The molecule has 0 amide bonds. The van der Waals surface area contributed by atoms with Crippen LogP contribution in [-0.4, -0.2) is 5.25 Å². The van der Waals surface area contributed by atoms with Gasteiger partial charge < -0.3 is 4.42 Å². The average Bonchev–Trinajstić information content (AvgIpc) is 2.28. The number of hydrogen-bond donors (Lipinski definition) is 0. The second-order valence-corrected chi connectivity index (χ2v) is 5.24. The molecular formula is C13H14O2S. The lowest BCUT2D eigenvalue weighted by molar-refractivity contribution is 0.557. The van der Waals surface area contributed by atoms with Gasteiger partial charge in [-0.1, -0.05) is 32.0 Å². The van der Waals surface area contributed by atoms with E-state index in [-0.39, 0.29) is 5.63 Å². The van der Waals surface area contributed by atoms with Crippen LogP contribution in [-0.2, 0) is 0 Å². The maximum atomic E-state index is 11.4. The molecule has 0 saturated heterocycles. The Morgan fingerprint density at radius 2 is 2.12 bits per heavy atom. The number of fused-ring (bicyclic) bond motifs is 1. The van der Waals surface area contributed by atoms with Crippen LogP contribution in [0.5, 0.6) is 0 Å². The Kier molecular flexibility index (Phi) is 3.34. The van der Waals surface area contributed by atoms with Crippen molar-refractivity contribution in [3.8, 4) is 0 Å². The van der Waals surface area contributed by atoms with Crippen molar-refractivity contribution in [2.24, 2.45) is 0 Å². The van der Waals surface area contributed by atoms with Crippen molar-refractivity contribution in [1.29, 1.82) is 0 Å². The predicted octanol–water partition coefficient (Wildman–Crippen LogP) is 3.68. The molecule has 0 saturated carbocycles. The van der Waals surface area contributed by atoms with Crippen LogP contribution in [0.15, 0.2) is 44.4 Å². The van der Waals surface area contributed by atoms with Crippen molar-refractivity contribution >= 4 is 22.7 Å². The lowest BCUT2D eigenvalue weighted by Gasteiger charge is -2.09. The minimum Gasteiger partial charge on any atom is -0.423 e. The Hall–Kier alpha value is -1.22. The zero-order valence-corrected chi connectivity index (χ0v) is 10.2. The molecule has 1 aromatic carbocycles. The van der Waals surface area contributed by atoms with Crippen LogP contribution in [0.3, 0.4) is 0 Å². The number of hydrogen-bond acceptors (Lipinski definition) is 3. The standard InChI is InChI=1S/C13H14O2S/c1-3-9(2)16-12-8-13(14)15-11-7-5-4-6-10(11)12/h4-9H,3H2,1-2H3. The summed E-state index contributed by atoms with van der Waals surface area (Å²) in [6.07, 6.45) is 1.08. The van der Waals surface area contributed by atoms with E-state index in [0.717, 1.165) is 16.7 Å². The third kappa shape index (κ3) is 2.30. The van der Waals surface area contributed by atoms with Gasteiger partial charge in [0.15, 0.2) is 0 Å². The summed E-state index contributed by atoms with van der Waals surface area (Å²) < 4.78 is 5.15. The third-order valence-corrected chi connectivity index (χ3v) is 3.84. The van der Waals surface area contributed by atoms with Crippen LogP contribution in [0.4, 0.5) is 0 Å². The van der Waals surface area contributed by atoms with Gasteiger partial charge in [0.2, 0.25) is 0 Å². The maximum Gasteiger partial charge on any atom is 0.337 e. The van der Waals surface area contributed by atoms with Crippen molar-refractivity contribution in [3.63, 3.8) is 0 Å². The van der Waals surface area contributed by atoms with Crippen molar-refractivity contribution in [2.45, 2.75) is 30.4 Å². The van der Waals surface area contributed by atoms with Gasteiger partial charge in [0, 0.05) is 21.6 Å². The molecule has 0 aliphatic heterocycles. The fourth-order valence-corrected chi connectivity index (χ4v) is 2.54. The molecule has 1 atom stereocenters. The van der Waals surface area contributed by atoms with E-state index in [0.29, 0.717) is 10.8 Å². The summed E-state index contributed by atoms with van der Waals surface area (Å²) in [5.41, 5.74) is 0.394. The van der Waals surface area contributed by atoms with Crippen LogP contribution in [0, 0.1) is 0 Å². The van der Waals surface area contributed by atoms with E-state index in [2.05, 4.69) is 13.8 Å². The monoisotopic (exact) mass is 234 g/mol. The molecule has 1 heterocycles. The SMILES string of the molecule is CCC(C)Sc1cc(=O)oc2ccccc12. The summed E-state index contributed by atoms with van der Waals surface area (Å²) in [4.78, 5) is 12.4. The molecule has 2 aromatic rings. The van der Waals surface area contributed by atoms with E-state index in [9.17, 15) is 4.79 Å². The summed E-state index contributed by atoms with van der Waals surface area (Å²) in [7, 11) is 0. The molecule has 16 heavy (non-hydrogen) atoms. The number of thioether (sulfide) groups is 1. The molecule has 2 nitrogen and oxygen atoms in total. The fourth-order valence-electron chi connectivity index (χ4n) is 1.48. The van der Waals surface area contributed by atoms with E-state index in [1.807, 2.05) is 24.3 Å².